The van der Waals surface area contributed by atoms with Gasteiger partial charge >= 0.3 is 0 Å². The first-order valence-electron chi connectivity index (χ1n) is 7.28. The van der Waals surface area contributed by atoms with Gasteiger partial charge in [-0.1, -0.05) is 26.0 Å². The predicted octanol–water partition coefficient (Wildman–Crippen LogP) is 2.77. The maximum absolute atomic E-state index is 12.1. The maximum atomic E-state index is 12.1. The highest BCUT2D eigenvalue weighted by Crippen LogP contribution is 2.33. The lowest BCUT2D eigenvalue weighted by molar-refractivity contribution is -0.133. The van der Waals surface area contributed by atoms with Crippen molar-refractivity contribution in [1.82, 2.24) is 5.32 Å². The number of hydrogen-bond donors (Lipinski definition) is 1. The Bertz CT molecular complexity index is 459. The molecule has 0 fully saturated rings. The summed E-state index contributed by atoms with van der Waals surface area (Å²) in [5.41, 5.74) is 0. The van der Waals surface area contributed by atoms with E-state index in [0.717, 1.165) is 12.8 Å². The average Bonchev–Trinajstić information content (AvgIpc) is 2.42. The van der Waals surface area contributed by atoms with E-state index in [1.807, 2.05) is 31.2 Å². The molecule has 1 N–H and O–H groups in total. The molecule has 1 amide bonds. The third-order valence-electron chi connectivity index (χ3n) is 3.36. The van der Waals surface area contributed by atoms with Crippen LogP contribution >= 0.6 is 0 Å². The molecule has 0 saturated heterocycles. The molecular weight excluding hydrogens is 254 g/mol. The summed E-state index contributed by atoms with van der Waals surface area (Å²) in [6, 6.07) is 7.43. The number of para-hydroxylation sites is 2. The number of carbonyl (C=O) groups excluding carboxylic acids is 1. The van der Waals surface area contributed by atoms with Gasteiger partial charge in [0.25, 0.3) is 5.91 Å². The maximum Gasteiger partial charge on any atom is 0.265 e. The van der Waals surface area contributed by atoms with Crippen LogP contribution in [0.15, 0.2) is 24.3 Å². The quantitative estimate of drug-likeness (QED) is 0.842. The Labute approximate surface area is 120 Å². The Morgan fingerprint density at radius 3 is 2.55 bits per heavy atom. The van der Waals surface area contributed by atoms with E-state index in [2.05, 4.69) is 19.2 Å². The average molecular weight is 277 g/mol. The van der Waals surface area contributed by atoms with Gasteiger partial charge < -0.3 is 14.8 Å². The van der Waals surface area contributed by atoms with Crippen LogP contribution in [0.2, 0.25) is 0 Å². The summed E-state index contributed by atoms with van der Waals surface area (Å²) in [7, 11) is 0. The summed E-state index contributed by atoms with van der Waals surface area (Å²) in [5.74, 6) is 1.89. The van der Waals surface area contributed by atoms with Gasteiger partial charge in [-0.15, -0.1) is 0 Å². The van der Waals surface area contributed by atoms with Gasteiger partial charge in [-0.05, 0) is 37.8 Å². The number of amides is 1. The first-order chi connectivity index (χ1) is 9.58. The van der Waals surface area contributed by atoms with Crippen LogP contribution in [0, 0.1) is 5.92 Å². The van der Waals surface area contributed by atoms with Crippen molar-refractivity contribution < 1.29 is 14.3 Å². The van der Waals surface area contributed by atoms with Crippen LogP contribution in [0.5, 0.6) is 11.5 Å². The second-order valence-electron chi connectivity index (χ2n) is 5.64. The molecule has 4 nitrogen and oxygen atoms in total. The Kier molecular flexibility index (Phi) is 4.88. The molecule has 0 aliphatic carbocycles. The Morgan fingerprint density at radius 2 is 1.90 bits per heavy atom. The van der Waals surface area contributed by atoms with Gasteiger partial charge in [0.15, 0.2) is 11.5 Å². The van der Waals surface area contributed by atoms with E-state index in [1.54, 1.807) is 0 Å². The van der Waals surface area contributed by atoms with Gasteiger partial charge in [0, 0.05) is 6.54 Å². The van der Waals surface area contributed by atoms with Crippen molar-refractivity contribution in [3.05, 3.63) is 24.3 Å². The van der Waals surface area contributed by atoms with Gasteiger partial charge in [0.1, 0.15) is 6.10 Å². The van der Waals surface area contributed by atoms with Crippen molar-refractivity contribution in [3.63, 3.8) is 0 Å². The van der Waals surface area contributed by atoms with E-state index < -0.39 is 6.10 Å². The summed E-state index contributed by atoms with van der Waals surface area (Å²) in [6.45, 7) is 6.90. The fourth-order valence-electron chi connectivity index (χ4n) is 2.23. The third-order valence-corrected chi connectivity index (χ3v) is 3.36. The summed E-state index contributed by atoms with van der Waals surface area (Å²) in [6.07, 6.45) is 1.24. The highest BCUT2D eigenvalue weighted by molar-refractivity contribution is 5.82. The Hall–Kier alpha value is -1.71. The van der Waals surface area contributed by atoms with Crippen LogP contribution in [0.25, 0.3) is 0 Å². The Balaban J connectivity index is 1.88. The van der Waals surface area contributed by atoms with Crippen LogP contribution in [-0.4, -0.2) is 24.7 Å². The highest BCUT2D eigenvalue weighted by Gasteiger charge is 2.33. The predicted molar refractivity (Wildman–Crippen MR) is 78.0 cm³/mol. The number of ether oxygens (including phenoxy) is 2. The lowest BCUT2D eigenvalue weighted by atomic mass is 10.1. The van der Waals surface area contributed by atoms with Crippen molar-refractivity contribution in [2.75, 3.05) is 6.54 Å². The lowest BCUT2D eigenvalue weighted by Crippen LogP contribution is -2.49. The molecule has 1 aliphatic heterocycles. The summed E-state index contributed by atoms with van der Waals surface area (Å²) in [4.78, 5) is 12.1. The summed E-state index contributed by atoms with van der Waals surface area (Å²) in [5, 5.41) is 2.93. The van der Waals surface area contributed by atoms with E-state index in [4.69, 9.17) is 9.47 Å². The number of carbonyl (C=O) groups is 1. The van der Waals surface area contributed by atoms with Gasteiger partial charge in [-0.25, -0.2) is 0 Å². The molecule has 1 aromatic rings. The monoisotopic (exact) mass is 277 g/mol. The molecule has 20 heavy (non-hydrogen) atoms. The molecule has 2 rings (SSSR count). The zero-order chi connectivity index (χ0) is 14.5. The number of nitrogens with one attached hydrogen (secondary N) is 1. The first-order valence-corrected chi connectivity index (χ1v) is 7.28. The molecule has 0 aromatic heterocycles. The van der Waals surface area contributed by atoms with Gasteiger partial charge in [-0.2, -0.15) is 0 Å². The van der Waals surface area contributed by atoms with Gasteiger partial charge in [0.2, 0.25) is 6.10 Å². The van der Waals surface area contributed by atoms with Crippen LogP contribution in [0.4, 0.5) is 0 Å². The molecule has 0 bridgehead atoms. The zero-order valence-corrected chi connectivity index (χ0v) is 12.4. The number of hydrogen-bond acceptors (Lipinski definition) is 3. The van der Waals surface area contributed by atoms with E-state index in [1.165, 1.54) is 0 Å². The molecule has 0 radical (unpaired) electrons. The van der Waals surface area contributed by atoms with Crippen LogP contribution < -0.4 is 14.8 Å². The van der Waals surface area contributed by atoms with Crippen LogP contribution in [0.3, 0.4) is 0 Å². The molecule has 0 unspecified atom stereocenters. The van der Waals surface area contributed by atoms with Crippen molar-refractivity contribution in [2.24, 2.45) is 5.92 Å². The Morgan fingerprint density at radius 1 is 1.25 bits per heavy atom. The van der Waals surface area contributed by atoms with Gasteiger partial charge in [0.05, 0.1) is 0 Å². The standard InChI is InChI=1S/C16H23NO3/c1-11(2)7-6-10-17-16(18)15-12(3)19-13-8-4-5-9-14(13)20-15/h4-5,8-9,11-12,15H,6-7,10H2,1-3H3,(H,17,18)/t12-,15+/m0/s1. The topological polar surface area (TPSA) is 47.6 Å². The van der Waals surface area contributed by atoms with Crippen molar-refractivity contribution in [1.29, 1.82) is 0 Å². The number of rotatable bonds is 5. The zero-order valence-electron chi connectivity index (χ0n) is 12.4. The smallest absolute Gasteiger partial charge is 0.265 e. The second kappa shape index (κ2) is 6.64. The first kappa shape index (κ1) is 14.7. The SMILES string of the molecule is CC(C)CCCNC(=O)[C@@H]1Oc2ccccc2O[C@H]1C. The summed E-state index contributed by atoms with van der Waals surface area (Å²) < 4.78 is 11.5. The fourth-order valence-corrected chi connectivity index (χ4v) is 2.23. The highest BCUT2D eigenvalue weighted by atomic mass is 16.6. The minimum absolute atomic E-state index is 0.101. The van der Waals surface area contributed by atoms with Crippen LogP contribution in [-0.2, 0) is 4.79 Å². The molecule has 2 atom stereocenters. The van der Waals surface area contributed by atoms with Crippen molar-refractivity contribution >= 4 is 5.91 Å². The van der Waals surface area contributed by atoms with Gasteiger partial charge in [-0.3, -0.25) is 4.79 Å². The minimum atomic E-state index is -0.580. The molecule has 110 valence electrons. The van der Waals surface area contributed by atoms with E-state index in [0.29, 0.717) is 24.0 Å². The van der Waals surface area contributed by atoms with Crippen molar-refractivity contribution in [3.8, 4) is 11.5 Å². The molecule has 0 saturated carbocycles. The van der Waals surface area contributed by atoms with E-state index >= 15 is 0 Å². The fraction of sp³-hybridized carbons (Fsp3) is 0.562. The van der Waals surface area contributed by atoms with E-state index in [9.17, 15) is 4.79 Å². The molecule has 4 heteroatoms. The van der Waals surface area contributed by atoms with E-state index in [-0.39, 0.29) is 12.0 Å². The van der Waals surface area contributed by atoms with Crippen LogP contribution in [0.1, 0.15) is 33.6 Å². The molecule has 0 spiro atoms. The largest absolute Gasteiger partial charge is 0.482 e. The molecule has 1 aromatic carbocycles. The van der Waals surface area contributed by atoms with Crippen molar-refractivity contribution in [2.45, 2.75) is 45.8 Å². The summed E-state index contributed by atoms with van der Waals surface area (Å²) >= 11 is 0. The molecular formula is C16H23NO3. The second-order valence-corrected chi connectivity index (χ2v) is 5.64. The lowest BCUT2D eigenvalue weighted by Gasteiger charge is -2.31. The molecule has 1 aliphatic rings. The number of benzene rings is 1. The normalized spacial score (nSPS) is 20.8. The third kappa shape index (κ3) is 3.65. The minimum Gasteiger partial charge on any atom is -0.482 e. The number of fused-ring (bicyclic) bond motifs is 1. The molecule has 1 heterocycles.